The molecule has 0 N–H and O–H groups in total. The van der Waals surface area contributed by atoms with E-state index in [1.165, 1.54) is 16.8 Å². The maximum atomic E-state index is 4.37. The van der Waals surface area contributed by atoms with Gasteiger partial charge in [-0.05, 0) is 37.8 Å². The Morgan fingerprint density at radius 1 is 1.33 bits per heavy atom. The summed E-state index contributed by atoms with van der Waals surface area (Å²) in [4.78, 5) is 4.37. The highest BCUT2D eigenvalue weighted by atomic mass is 14.7. The van der Waals surface area contributed by atoms with Gasteiger partial charge in [0.05, 0.1) is 0 Å². The van der Waals surface area contributed by atoms with Crippen LogP contribution in [0.5, 0.6) is 0 Å². The number of aliphatic imine (C=N–C) groups is 1. The van der Waals surface area contributed by atoms with Crippen molar-refractivity contribution < 1.29 is 0 Å². The van der Waals surface area contributed by atoms with Crippen LogP contribution < -0.4 is 0 Å². The molecule has 1 heteroatoms. The summed E-state index contributed by atoms with van der Waals surface area (Å²) in [6, 6.07) is 8.42. The number of rotatable bonds is 4. The van der Waals surface area contributed by atoms with Crippen LogP contribution in [0.25, 0.3) is 0 Å². The summed E-state index contributed by atoms with van der Waals surface area (Å²) < 4.78 is 0. The fourth-order valence-corrected chi connectivity index (χ4v) is 1.65. The predicted octanol–water partition coefficient (Wildman–Crippen LogP) is 3.77. The highest BCUT2D eigenvalue weighted by molar-refractivity contribution is 6.01. The molecule has 0 bridgehead atoms. The van der Waals surface area contributed by atoms with Gasteiger partial charge in [0.2, 0.25) is 0 Å². The van der Waals surface area contributed by atoms with Crippen molar-refractivity contribution in [1.29, 1.82) is 0 Å². The van der Waals surface area contributed by atoms with Gasteiger partial charge < -0.3 is 0 Å². The summed E-state index contributed by atoms with van der Waals surface area (Å²) in [6.07, 6.45) is 6.36. The zero-order chi connectivity index (χ0) is 11.1. The third kappa shape index (κ3) is 3.35. The van der Waals surface area contributed by atoms with Gasteiger partial charge >= 0.3 is 0 Å². The van der Waals surface area contributed by atoms with Crippen LogP contribution in [0.4, 0.5) is 0 Å². The number of aryl methyl sites for hydroxylation is 1. The first kappa shape index (κ1) is 11.7. The molecular weight excluding hydrogens is 182 g/mol. The fraction of sp³-hybridized carbons (Fsp3) is 0.357. The van der Waals surface area contributed by atoms with Gasteiger partial charge in [-0.1, -0.05) is 36.4 Å². The van der Waals surface area contributed by atoms with Crippen molar-refractivity contribution in [3.05, 3.63) is 47.5 Å². The van der Waals surface area contributed by atoms with Crippen molar-refractivity contribution in [3.8, 4) is 0 Å². The minimum absolute atomic E-state index is 1.02. The molecule has 80 valence electrons. The van der Waals surface area contributed by atoms with Crippen LogP contribution in [0.1, 0.15) is 30.9 Å². The SMILES string of the molecule is C/C=C\CCC(=NC)c1ccccc1C. The molecule has 1 aromatic rings. The molecule has 0 aliphatic heterocycles. The summed E-state index contributed by atoms with van der Waals surface area (Å²) in [5, 5.41) is 0. The van der Waals surface area contributed by atoms with Crippen LogP contribution in [0.15, 0.2) is 41.4 Å². The van der Waals surface area contributed by atoms with E-state index in [4.69, 9.17) is 0 Å². The van der Waals surface area contributed by atoms with Crippen LogP contribution in [0.3, 0.4) is 0 Å². The van der Waals surface area contributed by atoms with Crippen LogP contribution >= 0.6 is 0 Å². The fourth-order valence-electron chi connectivity index (χ4n) is 1.65. The summed E-state index contributed by atoms with van der Waals surface area (Å²) in [5.41, 5.74) is 3.79. The monoisotopic (exact) mass is 201 g/mol. The first-order valence-electron chi connectivity index (χ1n) is 5.42. The lowest BCUT2D eigenvalue weighted by Gasteiger charge is -2.07. The minimum atomic E-state index is 1.02. The number of allylic oxidation sites excluding steroid dienone is 2. The number of benzene rings is 1. The molecule has 0 radical (unpaired) electrons. The summed E-state index contributed by atoms with van der Waals surface area (Å²) in [5.74, 6) is 0. The molecule has 0 aliphatic carbocycles. The quantitative estimate of drug-likeness (QED) is 0.519. The zero-order valence-electron chi connectivity index (χ0n) is 9.83. The molecule has 0 heterocycles. The van der Waals surface area contributed by atoms with Gasteiger partial charge in [0.15, 0.2) is 0 Å². The molecule has 0 fully saturated rings. The zero-order valence-corrected chi connectivity index (χ0v) is 9.83. The van der Waals surface area contributed by atoms with Crippen molar-refractivity contribution in [1.82, 2.24) is 0 Å². The number of nitrogens with zero attached hydrogens (tertiary/aromatic N) is 1. The molecule has 1 nitrogen and oxygen atoms in total. The Morgan fingerprint density at radius 3 is 2.67 bits per heavy atom. The summed E-state index contributed by atoms with van der Waals surface area (Å²) in [7, 11) is 1.87. The van der Waals surface area contributed by atoms with Crippen LogP contribution in [0, 0.1) is 6.92 Å². The first-order valence-corrected chi connectivity index (χ1v) is 5.42. The molecule has 0 unspecified atom stereocenters. The van der Waals surface area contributed by atoms with Crippen LogP contribution in [-0.2, 0) is 0 Å². The Hall–Kier alpha value is -1.37. The van der Waals surface area contributed by atoms with Gasteiger partial charge in [0, 0.05) is 12.8 Å². The Balaban J connectivity index is 2.80. The van der Waals surface area contributed by atoms with E-state index in [0.717, 1.165) is 12.8 Å². The van der Waals surface area contributed by atoms with E-state index in [2.05, 4.69) is 55.3 Å². The van der Waals surface area contributed by atoms with Crippen molar-refractivity contribution in [3.63, 3.8) is 0 Å². The van der Waals surface area contributed by atoms with Gasteiger partial charge in [-0.15, -0.1) is 0 Å². The van der Waals surface area contributed by atoms with Crippen molar-refractivity contribution in [2.24, 2.45) is 4.99 Å². The molecule has 0 aromatic heterocycles. The van der Waals surface area contributed by atoms with Gasteiger partial charge in [-0.2, -0.15) is 0 Å². The summed E-state index contributed by atoms with van der Waals surface area (Å²) in [6.45, 7) is 4.19. The molecule has 0 atom stereocenters. The molecule has 0 saturated heterocycles. The lowest BCUT2D eigenvalue weighted by Crippen LogP contribution is -2.02. The lowest BCUT2D eigenvalue weighted by atomic mass is 10.0. The van der Waals surface area contributed by atoms with E-state index in [1.807, 2.05) is 7.05 Å². The normalized spacial score (nSPS) is 12.3. The van der Waals surface area contributed by atoms with E-state index < -0.39 is 0 Å². The molecule has 0 amide bonds. The van der Waals surface area contributed by atoms with Gasteiger partial charge in [0.25, 0.3) is 0 Å². The molecular formula is C14H19N. The van der Waals surface area contributed by atoms with E-state index >= 15 is 0 Å². The standard InChI is InChI=1S/C14H19N/c1-4-5-6-11-14(15-3)13-10-8-7-9-12(13)2/h4-5,7-10H,6,11H2,1-3H3/b5-4-,15-14?. The second kappa shape index (κ2) is 6.18. The molecule has 15 heavy (non-hydrogen) atoms. The van der Waals surface area contributed by atoms with E-state index in [0.29, 0.717) is 0 Å². The maximum absolute atomic E-state index is 4.37. The maximum Gasteiger partial charge on any atom is 0.0422 e. The Kier molecular flexibility index (Phi) is 4.82. The van der Waals surface area contributed by atoms with Crippen LogP contribution in [0.2, 0.25) is 0 Å². The van der Waals surface area contributed by atoms with E-state index in [1.54, 1.807) is 0 Å². The van der Waals surface area contributed by atoms with E-state index in [-0.39, 0.29) is 0 Å². The summed E-state index contributed by atoms with van der Waals surface area (Å²) >= 11 is 0. The average molecular weight is 201 g/mol. The number of hydrogen-bond donors (Lipinski definition) is 0. The third-order valence-electron chi connectivity index (χ3n) is 2.51. The molecule has 0 saturated carbocycles. The second-order valence-electron chi connectivity index (χ2n) is 3.59. The van der Waals surface area contributed by atoms with E-state index in [9.17, 15) is 0 Å². The highest BCUT2D eigenvalue weighted by Crippen LogP contribution is 2.12. The third-order valence-corrected chi connectivity index (χ3v) is 2.51. The van der Waals surface area contributed by atoms with Crippen molar-refractivity contribution in [2.75, 3.05) is 7.05 Å². The van der Waals surface area contributed by atoms with Crippen LogP contribution in [-0.4, -0.2) is 12.8 Å². The van der Waals surface area contributed by atoms with Gasteiger partial charge in [-0.3, -0.25) is 4.99 Å². The Bertz CT molecular complexity index is 361. The Labute approximate surface area is 92.6 Å². The minimum Gasteiger partial charge on any atom is -0.292 e. The highest BCUT2D eigenvalue weighted by Gasteiger charge is 2.03. The Morgan fingerprint density at radius 2 is 2.07 bits per heavy atom. The number of hydrogen-bond acceptors (Lipinski definition) is 1. The predicted molar refractivity (Wildman–Crippen MR) is 67.7 cm³/mol. The van der Waals surface area contributed by atoms with Crippen molar-refractivity contribution in [2.45, 2.75) is 26.7 Å². The van der Waals surface area contributed by atoms with Crippen molar-refractivity contribution >= 4 is 5.71 Å². The van der Waals surface area contributed by atoms with Gasteiger partial charge in [-0.25, -0.2) is 0 Å². The first-order chi connectivity index (χ1) is 7.29. The molecule has 0 spiro atoms. The topological polar surface area (TPSA) is 12.4 Å². The molecule has 1 rings (SSSR count). The van der Waals surface area contributed by atoms with Gasteiger partial charge in [0.1, 0.15) is 0 Å². The largest absolute Gasteiger partial charge is 0.292 e. The average Bonchev–Trinajstić information content (AvgIpc) is 2.26. The molecule has 0 aliphatic rings. The second-order valence-corrected chi connectivity index (χ2v) is 3.59. The lowest BCUT2D eigenvalue weighted by molar-refractivity contribution is 1.08. The smallest absolute Gasteiger partial charge is 0.0422 e. The molecule has 1 aromatic carbocycles.